The number of rotatable bonds is 4. The van der Waals surface area contributed by atoms with Crippen molar-refractivity contribution < 1.29 is 19.3 Å². The van der Waals surface area contributed by atoms with E-state index in [2.05, 4.69) is 19.2 Å². The molecular formula is C16H23NO4. The zero-order valence-corrected chi connectivity index (χ0v) is 12.6. The van der Waals surface area contributed by atoms with Crippen molar-refractivity contribution in [2.45, 2.75) is 44.4 Å². The molecule has 2 heterocycles. The average Bonchev–Trinajstić information content (AvgIpc) is 2.91. The number of nitrogens with one attached hydrogen (secondary N) is 1. The summed E-state index contributed by atoms with van der Waals surface area (Å²) in [5, 5.41) is 13.8. The van der Waals surface area contributed by atoms with Gasteiger partial charge in [0.25, 0.3) is 0 Å². The highest BCUT2D eigenvalue weighted by Gasteiger charge is 2.29. The summed E-state index contributed by atoms with van der Waals surface area (Å²) in [6.45, 7) is 5.76. The summed E-state index contributed by atoms with van der Waals surface area (Å²) >= 11 is 0. The quantitative estimate of drug-likeness (QED) is 0.889. The maximum absolute atomic E-state index is 10.3. The predicted octanol–water partition coefficient (Wildman–Crippen LogP) is 2.00. The molecule has 0 amide bonds. The van der Waals surface area contributed by atoms with Crippen molar-refractivity contribution in [2.24, 2.45) is 0 Å². The zero-order chi connectivity index (χ0) is 14.9. The van der Waals surface area contributed by atoms with E-state index in [4.69, 9.17) is 14.2 Å². The molecule has 1 aromatic rings. The van der Waals surface area contributed by atoms with Gasteiger partial charge in [-0.1, -0.05) is 6.07 Å². The van der Waals surface area contributed by atoms with Crippen molar-refractivity contribution in [3.63, 3.8) is 0 Å². The maximum atomic E-state index is 10.3. The van der Waals surface area contributed by atoms with Crippen molar-refractivity contribution in [2.75, 3.05) is 19.9 Å². The Balaban J connectivity index is 1.55. The lowest BCUT2D eigenvalue weighted by Gasteiger charge is -2.36. The van der Waals surface area contributed by atoms with E-state index in [1.54, 1.807) is 0 Å². The third-order valence-corrected chi connectivity index (χ3v) is 4.08. The lowest BCUT2D eigenvalue weighted by molar-refractivity contribution is -0.0638. The topological polar surface area (TPSA) is 60.0 Å². The molecule has 2 aliphatic heterocycles. The van der Waals surface area contributed by atoms with Crippen LogP contribution in [0.1, 0.15) is 38.4 Å². The summed E-state index contributed by atoms with van der Waals surface area (Å²) in [7, 11) is 0. The number of hydrogen-bond acceptors (Lipinski definition) is 5. The van der Waals surface area contributed by atoms with Crippen LogP contribution in [0.25, 0.3) is 0 Å². The molecule has 0 saturated carbocycles. The minimum Gasteiger partial charge on any atom is -0.454 e. The fourth-order valence-corrected chi connectivity index (χ4v) is 2.92. The second-order valence-corrected chi connectivity index (χ2v) is 6.33. The zero-order valence-electron chi connectivity index (χ0n) is 12.6. The summed E-state index contributed by atoms with van der Waals surface area (Å²) in [6.07, 6.45) is 1.39. The van der Waals surface area contributed by atoms with Gasteiger partial charge in [-0.05, 0) is 44.4 Å². The van der Waals surface area contributed by atoms with E-state index in [-0.39, 0.29) is 12.4 Å². The Morgan fingerprint density at radius 3 is 2.95 bits per heavy atom. The molecule has 0 aliphatic carbocycles. The molecule has 1 aromatic carbocycles. The Morgan fingerprint density at radius 1 is 1.33 bits per heavy atom. The monoisotopic (exact) mass is 293 g/mol. The largest absolute Gasteiger partial charge is 0.454 e. The van der Waals surface area contributed by atoms with Crippen LogP contribution >= 0.6 is 0 Å². The van der Waals surface area contributed by atoms with Crippen LogP contribution in [0.2, 0.25) is 0 Å². The molecule has 2 aliphatic rings. The fourth-order valence-electron chi connectivity index (χ4n) is 2.92. The van der Waals surface area contributed by atoms with E-state index < -0.39 is 6.10 Å². The van der Waals surface area contributed by atoms with E-state index in [1.807, 2.05) is 18.2 Å². The van der Waals surface area contributed by atoms with Gasteiger partial charge in [0.2, 0.25) is 6.79 Å². The molecule has 0 radical (unpaired) electrons. The molecule has 2 atom stereocenters. The first-order valence-corrected chi connectivity index (χ1v) is 7.48. The lowest BCUT2D eigenvalue weighted by Crippen LogP contribution is -2.44. The van der Waals surface area contributed by atoms with Crippen molar-refractivity contribution in [1.82, 2.24) is 5.32 Å². The molecule has 5 nitrogen and oxygen atoms in total. The van der Waals surface area contributed by atoms with Gasteiger partial charge >= 0.3 is 0 Å². The van der Waals surface area contributed by atoms with Gasteiger partial charge < -0.3 is 24.6 Å². The molecule has 0 spiro atoms. The van der Waals surface area contributed by atoms with Crippen LogP contribution in [-0.2, 0) is 4.74 Å². The van der Waals surface area contributed by atoms with Gasteiger partial charge in [0.05, 0.1) is 11.7 Å². The first kappa shape index (κ1) is 14.6. The van der Waals surface area contributed by atoms with Crippen LogP contribution in [0.3, 0.4) is 0 Å². The summed E-state index contributed by atoms with van der Waals surface area (Å²) in [4.78, 5) is 0. The van der Waals surface area contributed by atoms with E-state index in [0.717, 1.165) is 30.8 Å². The summed E-state index contributed by atoms with van der Waals surface area (Å²) in [5.41, 5.74) is 0.762. The van der Waals surface area contributed by atoms with E-state index >= 15 is 0 Å². The van der Waals surface area contributed by atoms with Crippen molar-refractivity contribution >= 4 is 0 Å². The Morgan fingerprint density at radius 2 is 2.14 bits per heavy atom. The van der Waals surface area contributed by atoms with Gasteiger partial charge in [-0.25, -0.2) is 0 Å². The normalized spacial score (nSPS) is 24.8. The number of benzene rings is 1. The number of ether oxygens (including phenoxy) is 3. The number of aliphatic hydroxyl groups excluding tert-OH is 1. The van der Waals surface area contributed by atoms with Gasteiger partial charge in [0, 0.05) is 19.2 Å². The van der Waals surface area contributed by atoms with Crippen LogP contribution in [0, 0.1) is 0 Å². The van der Waals surface area contributed by atoms with Crippen molar-refractivity contribution in [3.8, 4) is 11.5 Å². The van der Waals surface area contributed by atoms with Crippen molar-refractivity contribution in [3.05, 3.63) is 23.8 Å². The minimum atomic E-state index is -0.551. The van der Waals surface area contributed by atoms with Gasteiger partial charge in [-0.15, -0.1) is 0 Å². The van der Waals surface area contributed by atoms with Gasteiger partial charge in [-0.2, -0.15) is 0 Å². The van der Waals surface area contributed by atoms with E-state index in [1.165, 1.54) is 0 Å². The third-order valence-electron chi connectivity index (χ3n) is 4.08. The first-order chi connectivity index (χ1) is 10.0. The summed E-state index contributed by atoms with van der Waals surface area (Å²) < 4.78 is 16.3. The second kappa shape index (κ2) is 5.83. The van der Waals surface area contributed by atoms with Crippen LogP contribution < -0.4 is 14.8 Å². The molecule has 3 rings (SSSR count). The summed E-state index contributed by atoms with van der Waals surface area (Å²) in [5.74, 6) is 1.45. The number of hydrogen-bond donors (Lipinski definition) is 2. The molecule has 116 valence electrons. The highest BCUT2D eigenvalue weighted by atomic mass is 16.7. The first-order valence-electron chi connectivity index (χ1n) is 7.48. The van der Waals surface area contributed by atoms with Gasteiger partial charge in [0.1, 0.15) is 0 Å². The molecule has 1 saturated heterocycles. The minimum absolute atomic E-state index is 0.0837. The molecule has 21 heavy (non-hydrogen) atoms. The number of fused-ring (bicyclic) bond motifs is 1. The Bertz CT molecular complexity index is 503. The molecule has 2 unspecified atom stereocenters. The Labute approximate surface area is 125 Å². The highest BCUT2D eigenvalue weighted by Crippen LogP contribution is 2.34. The molecule has 0 bridgehead atoms. The third kappa shape index (κ3) is 3.48. The predicted molar refractivity (Wildman–Crippen MR) is 78.6 cm³/mol. The van der Waals surface area contributed by atoms with Crippen LogP contribution in [0.4, 0.5) is 0 Å². The number of aliphatic hydroxyl groups is 1. The van der Waals surface area contributed by atoms with Crippen LogP contribution in [0.5, 0.6) is 11.5 Å². The van der Waals surface area contributed by atoms with E-state index in [0.29, 0.717) is 18.3 Å². The Hall–Kier alpha value is -1.30. The molecule has 1 fully saturated rings. The standard InChI is InChI=1S/C16H23NO4/c1-16(2)8-12(5-6-21-16)17-9-13(18)11-3-4-14-15(7-11)20-10-19-14/h3-4,7,12-13,17-18H,5-6,8-10H2,1-2H3. The van der Waals surface area contributed by atoms with Gasteiger partial charge in [0.15, 0.2) is 11.5 Å². The maximum Gasteiger partial charge on any atom is 0.231 e. The summed E-state index contributed by atoms with van der Waals surface area (Å²) in [6, 6.07) is 5.96. The molecule has 2 N–H and O–H groups in total. The molecule has 5 heteroatoms. The average molecular weight is 293 g/mol. The van der Waals surface area contributed by atoms with Crippen LogP contribution in [0.15, 0.2) is 18.2 Å². The van der Waals surface area contributed by atoms with E-state index in [9.17, 15) is 5.11 Å². The SMILES string of the molecule is CC1(C)CC(NCC(O)c2ccc3c(c2)OCO3)CCO1. The molecular weight excluding hydrogens is 270 g/mol. The van der Waals surface area contributed by atoms with Gasteiger partial charge in [-0.3, -0.25) is 0 Å². The highest BCUT2D eigenvalue weighted by molar-refractivity contribution is 5.45. The second-order valence-electron chi connectivity index (χ2n) is 6.33. The molecule has 0 aromatic heterocycles. The lowest BCUT2D eigenvalue weighted by atomic mass is 9.93. The van der Waals surface area contributed by atoms with Crippen LogP contribution in [-0.4, -0.2) is 36.7 Å². The smallest absolute Gasteiger partial charge is 0.231 e. The van der Waals surface area contributed by atoms with Crippen molar-refractivity contribution in [1.29, 1.82) is 0 Å². The fraction of sp³-hybridized carbons (Fsp3) is 0.625. The Kier molecular flexibility index (Phi) is 4.06.